The molecule has 0 atom stereocenters. The first-order chi connectivity index (χ1) is 5.33. The largest absolute Gasteiger partial charge is 0.391 e. The molecule has 0 saturated heterocycles. The van der Waals surface area contributed by atoms with Gasteiger partial charge in [-0.1, -0.05) is 6.58 Å². The lowest BCUT2D eigenvalue weighted by molar-refractivity contribution is 0.323. The Labute approximate surface area is 68.9 Å². The minimum atomic E-state index is 0.468. The zero-order valence-electron chi connectivity index (χ0n) is 7.05. The molecule has 0 aromatic carbocycles. The Kier molecular flexibility index (Phi) is 3.43. The van der Waals surface area contributed by atoms with E-state index in [1.807, 2.05) is 0 Å². The van der Waals surface area contributed by atoms with Crippen molar-refractivity contribution in [1.29, 1.82) is 0 Å². The van der Waals surface area contributed by atoms with Crippen LogP contribution in [0.2, 0.25) is 0 Å². The van der Waals surface area contributed by atoms with E-state index < -0.39 is 0 Å². The fourth-order valence-electron chi connectivity index (χ4n) is 1.64. The van der Waals surface area contributed by atoms with E-state index in [1.54, 1.807) is 6.20 Å². The molecule has 2 nitrogen and oxygen atoms in total. The lowest BCUT2D eigenvalue weighted by Gasteiger charge is -2.25. The van der Waals surface area contributed by atoms with Crippen molar-refractivity contribution in [2.75, 3.05) is 6.54 Å². The highest BCUT2D eigenvalue weighted by molar-refractivity contribution is 4.77. The average Bonchev–Trinajstić information content (AvgIpc) is 2.04. The van der Waals surface area contributed by atoms with E-state index in [-0.39, 0.29) is 0 Å². The summed E-state index contributed by atoms with van der Waals surface area (Å²) in [7, 11) is 0. The van der Waals surface area contributed by atoms with Crippen LogP contribution in [-0.4, -0.2) is 12.6 Å². The van der Waals surface area contributed by atoms with Gasteiger partial charge in [0.25, 0.3) is 0 Å². The topological polar surface area (TPSA) is 38.0 Å². The molecular formula is C9H18N2. The second kappa shape index (κ2) is 4.39. The molecule has 3 N–H and O–H groups in total. The molecule has 0 spiro atoms. The van der Waals surface area contributed by atoms with Crippen LogP contribution in [0.25, 0.3) is 0 Å². The summed E-state index contributed by atoms with van der Waals surface area (Å²) in [5, 5.41) is 3.16. The highest BCUT2D eigenvalue weighted by Crippen LogP contribution is 2.22. The van der Waals surface area contributed by atoms with Gasteiger partial charge in [-0.15, -0.1) is 0 Å². The molecule has 0 aromatic rings. The van der Waals surface area contributed by atoms with Gasteiger partial charge in [-0.05, 0) is 37.8 Å². The summed E-state index contributed by atoms with van der Waals surface area (Å²) >= 11 is 0. The molecule has 1 aliphatic rings. The lowest BCUT2D eigenvalue weighted by atomic mass is 9.86. The van der Waals surface area contributed by atoms with E-state index in [0.29, 0.717) is 6.04 Å². The van der Waals surface area contributed by atoms with Crippen molar-refractivity contribution in [3.63, 3.8) is 0 Å². The van der Waals surface area contributed by atoms with E-state index in [2.05, 4.69) is 11.9 Å². The molecule has 1 saturated carbocycles. The van der Waals surface area contributed by atoms with Crippen LogP contribution in [0.1, 0.15) is 25.7 Å². The summed E-state index contributed by atoms with van der Waals surface area (Å²) in [5.74, 6) is 0.827. The van der Waals surface area contributed by atoms with Crippen molar-refractivity contribution < 1.29 is 0 Å². The molecule has 0 radical (unpaired) electrons. The molecule has 64 valence electrons. The maximum Gasteiger partial charge on any atom is 0.0169 e. The van der Waals surface area contributed by atoms with Gasteiger partial charge in [-0.3, -0.25) is 0 Å². The molecule has 0 unspecified atom stereocenters. The fourth-order valence-corrected chi connectivity index (χ4v) is 1.64. The summed E-state index contributed by atoms with van der Waals surface area (Å²) in [5.41, 5.74) is 5.79. The van der Waals surface area contributed by atoms with Crippen LogP contribution < -0.4 is 11.1 Å². The number of hydrogen-bond donors (Lipinski definition) is 2. The van der Waals surface area contributed by atoms with E-state index in [9.17, 15) is 0 Å². The van der Waals surface area contributed by atoms with Gasteiger partial charge in [0.1, 0.15) is 0 Å². The third-order valence-electron chi connectivity index (χ3n) is 2.44. The van der Waals surface area contributed by atoms with Crippen LogP contribution in [0.4, 0.5) is 0 Å². The first kappa shape index (κ1) is 8.60. The second-order valence-corrected chi connectivity index (χ2v) is 3.39. The zero-order valence-corrected chi connectivity index (χ0v) is 7.05. The van der Waals surface area contributed by atoms with Gasteiger partial charge >= 0.3 is 0 Å². The van der Waals surface area contributed by atoms with Crippen LogP contribution in [0, 0.1) is 5.92 Å². The summed E-state index contributed by atoms with van der Waals surface area (Å²) < 4.78 is 0. The molecule has 0 aromatic heterocycles. The normalized spacial score (nSPS) is 31.4. The number of nitrogens with two attached hydrogens (primary N) is 1. The Morgan fingerprint density at radius 3 is 2.55 bits per heavy atom. The third-order valence-corrected chi connectivity index (χ3v) is 2.44. The van der Waals surface area contributed by atoms with Crippen molar-refractivity contribution >= 4 is 0 Å². The number of nitrogens with one attached hydrogen (secondary N) is 1. The Morgan fingerprint density at radius 2 is 2.00 bits per heavy atom. The van der Waals surface area contributed by atoms with E-state index in [1.165, 1.54) is 25.7 Å². The highest BCUT2D eigenvalue weighted by Gasteiger charge is 2.17. The van der Waals surface area contributed by atoms with Crippen LogP contribution in [0.3, 0.4) is 0 Å². The highest BCUT2D eigenvalue weighted by atomic mass is 14.8. The van der Waals surface area contributed by atoms with Gasteiger partial charge in [0, 0.05) is 12.6 Å². The van der Waals surface area contributed by atoms with Crippen LogP contribution in [0.5, 0.6) is 0 Å². The minimum Gasteiger partial charge on any atom is -0.391 e. The minimum absolute atomic E-state index is 0.468. The van der Waals surface area contributed by atoms with Gasteiger partial charge < -0.3 is 11.1 Å². The monoisotopic (exact) mass is 154 g/mol. The Balaban J connectivity index is 2.12. The Bertz CT molecular complexity index is 115. The molecule has 11 heavy (non-hydrogen) atoms. The molecule has 1 aliphatic carbocycles. The summed E-state index contributed by atoms with van der Waals surface area (Å²) in [4.78, 5) is 0. The van der Waals surface area contributed by atoms with Crippen LogP contribution in [0.15, 0.2) is 12.8 Å². The average molecular weight is 154 g/mol. The maximum absolute atomic E-state index is 5.79. The smallest absolute Gasteiger partial charge is 0.0169 e. The Morgan fingerprint density at radius 1 is 1.36 bits per heavy atom. The van der Waals surface area contributed by atoms with Crippen molar-refractivity contribution in [2.24, 2.45) is 11.7 Å². The standard InChI is InChI=1S/C9H18N2/c1-2-11-7-8-3-5-9(10)6-4-8/h2,8-9,11H,1,3-7,10H2. The summed E-state index contributed by atoms with van der Waals surface area (Å²) in [6.45, 7) is 4.70. The molecule has 0 amide bonds. The van der Waals surface area contributed by atoms with Crippen LogP contribution >= 0.6 is 0 Å². The Hall–Kier alpha value is -0.500. The van der Waals surface area contributed by atoms with Gasteiger partial charge in [0.05, 0.1) is 0 Å². The lowest BCUT2D eigenvalue weighted by Crippen LogP contribution is -2.30. The first-order valence-corrected chi connectivity index (χ1v) is 4.43. The van der Waals surface area contributed by atoms with Crippen molar-refractivity contribution in [1.82, 2.24) is 5.32 Å². The SMILES string of the molecule is C=CNCC1CCC(N)CC1. The van der Waals surface area contributed by atoms with E-state index >= 15 is 0 Å². The van der Waals surface area contributed by atoms with Gasteiger partial charge in [0.2, 0.25) is 0 Å². The fraction of sp³-hybridized carbons (Fsp3) is 0.778. The van der Waals surface area contributed by atoms with E-state index in [4.69, 9.17) is 5.73 Å². The summed E-state index contributed by atoms with van der Waals surface area (Å²) in [6, 6.07) is 0.468. The molecule has 0 heterocycles. The van der Waals surface area contributed by atoms with Crippen LogP contribution in [-0.2, 0) is 0 Å². The van der Waals surface area contributed by atoms with E-state index in [0.717, 1.165) is 12.5 Å². The predicted molar refractivity (Wildman–Crippen MR) is 48.1 cm³/mol. The second-order valence-electron chi connectivity index (χ2n) is 3.39. The van der Waals surface area contributed by atoms with Gasteiger partial charge in [-0.2, -0.15) is 0 Å². The summed E-state index contributed by atoms with van der Waals surface area (Å²) in [6.07, 6.45) is 6.73. The molecule has 0 bridgehead atoms. The van der Waals surface area contributed by atoms with Crippen molar-refractivity contribution in [3.8, 4) is 0 Å². The molecular weight excluding hydrogens is 136 g/mol. The quantitative estimate of drug-likeness (QED) is 0.642. The number of rotatable bonds is 3. The van der Waals surface area contributed by atoms with Crippen molar-refractivity contribution in [3.05, 3.63) is 12.8 Å². The predicted octanol–water partition coefficient (Wildman–Crippen LogP) is 1.24. The van der Waals surface area contributed by atoms with Crippen molar-refractivity contribution in [2.45, 2.75) is 31.7 Å². The zero-order chi connectivity index (χ0) is 8.10. The maximum atomic E-state index is 5.79. The number of hydrogen-bond acceptors (Lipinski definition) is 2. The first-order valence-electron chi connectivity index (χ1n) is 4.43. The molecule has 2 heteroatoms. The third kappa shape index (κ3) is 2.93. The van der Waals surface area contributed by atoms with Gasteiger partial charge in [-0.25, -0.2) is 0 Å². The molecule has 1 fully saturated rings. The molecule has 1 rings (SSSR count). The molecule has 0 aliphatic heterocycles. The van der Waals surface area contributed by atoms with Gasteiger partial charge in [0.15, 0.2) is 0 Å².